The van der Waals surface area contributed by atoms with E-state index in [-0.39, 0.29) is 5.60 Å². The van der Waals surface area contributed by atoms with Crippen LogP contribution in [0.1, 0.15) is 6.92 Å². The molecule has 1 heterocycles. The van der Waals surface area contributed by atoms with Crippen molar-refractivity contribution < 1.29 is 9.47 Å². The Balaban J connectivity index is 2.16. The fraction of sp³-hybridized carbons (Fsp3) is 0.400. The Morgan fingerprint density at radius 1 is 1.50 bits per heavy atom. The summed E-state index contributed by atoms with van der Waals surface area (Å²) in [6, 6.07) is 5.76. The number of ether oxygens (including phenoxy) is 2. The molecule has 1 aliphatic heterocycles. The first-order valence-corrected chi connectivity index (χ1v) is 5.77. The highest BCUT2D eigenvalue weighted by Crippen LogP contribution is 2.31. The van der Waals surface area contributed by atoms with Gasteiger partial charge >= 0.3 is 0 Å². The van der Waals surface area contributed by atoms with Gasteiger partial charge < -0.3 is 9.47 Å². The molecule has 0 unspecified atom stereocenters. The molecule has 0 spiro atoms. The maximum atomic E-state index is 6.05. The minimum atomic E-state index is -0.198. The Hall–Kier alpha value is -0.000000000000000132. The zero-order chi connectivity index (χ0) is 10.2. The van der Waals surface area contributed by atoms with Gasteiger partial charge in [-0.15, -0.1) is 0 Å². The first-order valence-electron chi connectivity index (χ1n) is 4.31. The summed E-state index contributed by atoms with van der Waals surface area (Å²) in [5.41, 5.74) is -0.198. The van der Waals surface area contributed by atoms with Crippen LogP contribution in [0.3, 0.4) is 0 Å². The van der Waals surface area contributed by atoms with Crippen molar-refractivity contribution in [3.8, 4) is 5.75 Å². The molecule has 0 amide bonds. The van der Waals surface area contributed by atoms with Gasteiger partial charge in [0.05, 0.1) is 18.2 Å². The molecule has 2 nitrogen and oxygen atoms in total. The monoisotopic (exact) mass is 324 g/mol. The highest BCUT2D eigenvalue weighted by Gasteiger charge is 2.36. The Morgan fingerprint density at radius 3 is 2.71 bits per heavy atom. The van der Waals surface area contributed by atoms with Crippen molar-refractivity contribution in [2.75, 3.05) is 13.2 Å². The third-order valence-corrected chi connectivity index (χ3v) is 3.03. The van der Waals surface area contributed by atoms with Crippen LogP contribution in [0.25, 0.3) is 0 Å². The number of hydrogen-bond donors (Lipinski definition) is 0. The molecule has 1 saturated heterocycles. The Labute approximate surface area is 102 Å². The maximum absolute atomic E-state index is 6.05. The molecule has 1 aliphatic rings. The average Bonchev–Trinajstić information content (AvgIpc) is 2.07. The molecular weight excluding hydrogens is 314 g/mol. The van der Waals surface area contributed by atoms with E-state index in [9.17, 15) is 0 Å². The van der Waals surface area contributed by atoms with Crippen LogP contribution in [0.5, 0.6) is 5.75 Å². The first-order chi connectivity index (χ1) is 6.59. The van der Waals surface area contributed by atoms with Crippen LogP contribution in [-0.2, 0) is 4.74 Å². The van der Waals surface area contributed by atoms with Crippen LogP contribution >= 0.6 is 34.2 Å². The van der Waals surface area contributed by atoms with E-state index in [0.717, 1.165) is 9.32 Å². The molecule has 0 aromatic heterocycles. The van der Waals surface area contributed by atoms with Gasteiger partial charge in [-0.2, -0.15) is 0 Å². The minimum absolute atomic E-state index is 0.198. The van der Waals surface area contributed by atoms with Gasteiger partial charge in [0, 0.05) is 3.57 Å². The predicted molar refractivity (Wildman–Crippen MR) is 64.0 cm³/mol. The fourth-order valence-corrected chi connectivity index (χ4v) is 2.17. The van der Waals surface area contributed by atoms with Crippen molar-refractivity contribution >= 4 is 34.2 Å². The van der Waals surface area contributed by atoms with Crippen molar-refractivity contribution in [2.45, 2.75) is 12.5 Å². The van der Waals surface area contributed by atoms with E-state index in [2.05, 4.69) is 22.6 Å². The summed E-state index contributed by atoms with van der Waals surface area (Å²) in [4.78, 5) is 0. The molecule has 4 heteroatoms. The van der Waals surface area contributed by atoms with Crippen molar-refractivity contribution in [1.82, 2.24) is 0 Å². The normalized spacial score (nSPS) is 18.8. The minimum Gasteiger partial charge on any atom is -0.481 e. The van der Waals surface area contributed by atoms with E-state index < -0.39 is 0 Å². The van der Waals surface area contributed by atoms with Gasteiger partial charge in [0.15, 0.2) is 5.60 Å². The van der Waals surface area contributed by atoms with Crippen molar-refractivity contribution in [2.24, 2.45) is 0 Å². The predicted octanol–water partition coefficient (Wildman–Crippen LogP) is 3.11. The highest BCUT2D eigenvalue weighted by atomic mass is 127. The largest absolute Gasteiger partial charge is 0.481 e. The van der Waals surface area contributed by atoms with E-state index in [4.69, 9.17) is 21.1 Å². The third-order valence-electron chi connectivity index (χ3n) is 2.07. The molecule has 1 aromatic rings. The Bertz CT molecular complexity index is 350. The maximum Gasteiger partial charge on any atom is 0.153 e. The lowest BCUT2D eigenvalue weighted by Crippen LogP contribution is -2.51. The zero-order valence-electron chi connectivity index (χ0n) is 7.72. The van der Waals surface area contributed by atoms with Gasteiger partial charge in [-0.05, 0) is 47.7 Å². The smallest absolute Gasteiger partial charge is 0.153 e. The van der Waals surface area contributed by atoms with Crippen molar-refractivity contribution in [3.05, 3.63) is 26.8 Å². The summed E-state index contributed by atoms with van der Waals surface area (Å²) in [6.45, 7) is 3.29. The second-order valence-electron chi connectivity index (χ2n) is 3.62. The molecule has 0 radical (unpaired) electrons. The molecule has 0 aliphatic carbocycles. The fourth-order valence-electron chi connectivity index (χ4n) is 1.27. The van der Waals surface area contributed by atoms with Crippen LogP contribution in [0.2, 0.25) is 5.02 Å². The summed E-state index contributed by atoms with van der Waals surface area (Å²) in [7, 11) is 0. The van der Waals surface area contributed by atoms with Gasteiger partial charge in [0.1, 0.15) is 5.75 Å². The number of hydrogen-bond acceptors (Lipinski definition) is 2. The molecule has 0 bridgehead atoms. The van der Waals surface area contributed by atoms with Crippen LogP contribution < -0.4 is 4.74 Å². The van der Waals surface area contributed by atoms with E-state index in [1.54, 1.807) is 0 Å². The summed E-state index contributed by atoms with van der Waals surface area (Å²) in [5.74, 6) is 0.734. The molecule has 0 saturated carbocycles. The number of halogens is 2. The molecule has 14 heavy (non-hydrogen) atoms. The lowest BCUT2D eigenvalue weighted by atomic mass is 10.1. The second kappa shape index (κ2) is 3.87. The van der Waals surface area contributed by atoms with Crippen LogP contribution in [0.4, 0.5) is 0 Å². The Morgan fingerprint density at radius 2 is 2.21 bits per heavy atom. The average molecular weight is 325 g/mol. The van der Waals surface area contributed by atoms with E-state index in [0.29, 0.717) is 18.2 Å². The number of benzene rings is 1. The quantitative estimate of drug-likeness (QED) is 0.778. The molecule has 1 fully saturated rings. The lowest BCUT2D eigenvalue weighted by Gasteiger charge is -2.38. The highest BCUT2D eigenvalue weighted by molar-refractivity contribution is 14.1. The van der Waals surface area contributed by atoms with Gasteiger partial charge in [0.2, 0.25) is 0 Å². The van der Waals surface area contributed by atoms with Crippen molar-refractivity contribution in [3.63, 3.8) is 0 Å². The summed E-state index contributed by atoms with van der Waals surface area (Å²) in [6.07, 6.45) is 0. The van der Waals surface area contributed by atoms with Gasteiger partial charge in [0.25, 0.3) is 0 Å². The Kier molecular flexibility index (Phi) is 2.91. The number of rotatable bonds is 2. The standard InChI is InChI=1S/C10H10ClIO2/c1-10(5-13-6-10)14-9-3-2-7(12)4-8(9)11/h2-4H,5-6H2,1H3. The first kappa shape index (κ1) is 10.5. The molecule has 0 atom stereocenters. The van der Waals surface area contributed by atoms with Gasteiger partial charge in [-0.25, -0.2) is 0 Å². The third kappa shape index (κ3) is 2.15. The molecule has 76 valence electrons. The topological polar surface area (TPSA) is 18.5 Å². The summed E-state index contributed by atoms with van der Waals surface area (Å²) >= 11 is 8.26. The van der Waals surface area contributed by atoms with Crippen LogP contribution in [0.15, 0.2) is 18.2 Å². The zero-order valence-corrected chi connectivity index (χ0v) is 10.6. The SMILES string of the molecule is CC1(Oc2ccc(I)cc2Cl)COC1. The van der Waals surface area contributed by atoms with E-state index in [1.807, 2.05) is 25.1 Å². The van der Waals surface area contributed by atoms with E-state index in [1.165, 1.54) is 0 Å². The van der Waals surface area contributed by atoms with Gasteiger partial charge in [-0.3, -0.25) is 0 Å². The molecule has 0 N–H and O–H groups in total. The lowest BCUT2D eigenvalue weighted by molar-refractivity contribution is -0.149. The second-order valence-corrected chi connectivity index (χ2v) is 5.27. The van der Waals surface area contributed by atoms with Crippen molar-refractivity contribution in [1.29, 1.82) is 0 Å². The van der Waals surface area contributed by atoms with Gasteiger partial charge in [-0.1, -0.05) is 11.6 Å². The molecular formula is C10H10ClIO2. The molecule has 1 aromatic carbocycles. The van der Waals surface area contributed by atoms with E-state index >= 15 is 0 Å². The summed E-state index contributed by atoms with van der Waals surface area (Å²) < 4.78 is 12.0. The van der Waals surface area contributed by atoms with Crippen LogP contribution in [0, 0.1) is 3.57 Å². The molecule has 2 rings (SSSR count). The summed E-state index contributed by atoms with van der Waals surface area (Å²) in [5, 5.41) is 0.657. The van der Waals surface area contributed by atoms with Crippen LogP contribution in [-0.4, -0.2) is 18.8 Å².